The van der Waals surface area contributed by atoms with Gasteiger partial charge in [0.2, 0.25) is 0 Å². The number of ether oxygens (including phenoxy) is 1. The standard InChI is InChI=1S/C22H18F2N6OS/c1-12(21(23)24)31-18-6-13(14-8-28-30(2)9-14)5-17-20(18)22(26-10-25-17)29-15-3-4-16-19(7-15)32-11-27-16/h3-10,21,27H,1,11H2,2H3,(H,25,26,29). The number of benzene rings is 2. The molecule has 0 saturated carbocycles. The number of anilines is 3. The molecular formula is C22H18F2N6OS. The van der Waals surface area contributed by atoms with E-state index in [1.165, 1.54) is 6.33 Å². The van der Waals surface area contributed by atoms with Crippen LogP contribution in [0, 0.1) is 0 Å². The van der Waals surface area contributed by atoms with Gasteiger partial charge in [-0.3, -0.25) is 4.68 Å². The zero-order valence-corrected chi connectivity index (χ0v) is 17.8. The van der Waals surface area contributed by atoms with E-state index in [1.54, 1.807) is 35.8 Å². The Labute approximate surface area is 186 Å². The van der Waals surface area contributed by atoms with Crippen LogP contribution in [-0.4, -0.2) is 32.1 Å². The fourth-order valence-electron chi connectivity index (χ4n) is 3.45. The SMILES string of the molecule is C=C(Oc1cc(-c2cnn(C)c2)cc2ncnc(Nc3ccc4c(c3)SCN4)c12)C(F)F. The maximum atomic E-state index is 13.2. The van der Waals surface area contributed by atoms with E-state index in [0.717, 1.165) is 33.3 Å². The molecule has 162 valence electrons. The highest BCUT2D eigenvalue weighted by Crippen LogP contribution is 2.39. The lowest BCUT2D eigenvalue weighted by molar-refractivity contribution is 0.139. The van der Waals surface area contributed by atoms with Gasteiger partial charge in [0.05, 0.1) is 23.0 Å². The third-order valence-corrected chi connectivity index (χ3v) is 5.90. The fraction of sp³-hybridized carbons (Fsp3) is 0.136. The molecule has 0 unspecified atom stereocenters. The van der Waals surface area contributed by atoms with Crippen LogP contribution in [0.4, 0.5) is 26.0 Å². The first-order chi connectivity index (χ1) is 15.5. The molecule has 0 bridgehead atoms. The van der Waals surface area contributed by atoms with E-state index in [2.05, 4.69) is 32.3 Å². The molecule has 2 aromatic heterocycles. The van der Waals surface area contributed by atoms with Crippen LogP contribution >= 0.6 is 11.8 Å². The number of alkyl halides is 2. The predicted octanol–water partition coefficient (Wildman–Crippen LogP) is 5.41. The molecule has 0 aliphatic carbocycles. The van der Waals surface area contributed by atoms with Crippen molar-refractivity contribution in [3.63, 3.8) is 0 Å². The summed E-state index contributed by atoms with van der Waals surface area (Å²) in [6.45, 7) is 3.36. The summed E-state index contributed by atoms with van der Waals surface area (Å²) in [7, 11) is 1.80. The number of rotatable bonds is 6. The summed E-state index contributed by atoms with van der Waals surface area (Å²) in [6, 6.07) is 9.44. The summed E-state index contributed by atoms with van der Waals surface area (Å²) in [4.78, 5) is 9.83. The van der Waals surface area contributed by atoms with Crippen LogP contribution in [0.15, 0.2) is 66.3 Å². The second-order valence-electron chi connectivity index (χ2n) is 7.16. The van der Waals surface area contributed by atoms with Crippen LogP contribution < -0.4 is 15.4 Å². The molecule has 0 spiro atoms. The molecule has 0 amide bonds. The van der Waals surface area contributed by atoms with Crippen LogP contribution in [0.5, 0.6) is 5.75 Å². The highest BCUT2D eigenvalue weighted by atomic mass is 32.2. The number of hydrogen-bond acceptors (Lipinski definition) is 7. The van der Waals surface area contributed by atoms with Gasteiger partial charge < -0.3 is 15.4 Å². The topological polar surface area (TPSA) is 76.9 Å². The zero-order valence-electron chi connectivity index (χ0n) is 17.0. The van der Waals surface area contributed by atoms with Gasteiger partial charge in [0.15, 0.2) is 5.76 Å². The third kappa shape index (κ3) is 3.84. The minimum atomic E-state index is -2.82. The van der Waals surface area contributed by atoms with Crippen molar-refractivity contribution in [3.05, 3.63) is 61.4 Å². The van der Waals surface area contributed by atoms with Crippen molar-refractivity contribution in [1.82, 2.24) is 19.7 Å². The van der Waals surface area contributed by atoms with E-state index >= 15 is 0 Å². The Morgan fingerprint density at radius 2 is 2.12 bits per heavy atom. The number of nitrogens with zero attached hydrogens (tertiary/aromatic N) is 4. The lowest BCUT2D eigenvalue weighted by atomic mass is 10.1. The molecule has 0 fully saturated rings. The largest absolute Gasteiger partial charge is 0.455 e. The van der Waals surface area contributed by atoms with Gasteiger partial charge in [-0.25, -0.2) is 18.7 Å². The number of aryl methyl sites for hydroxylation is 1. The Balaban J connectivity index is 1.62. The van der Waals surface area contributed by atoms with E-state index in [-0.39, 0.29) is 5.75 Å². The average Bonchev–Trinajstić information content (AvgIpc) is 3.42. The quantitative estimate of drug-likeness (QED) is 0.379. The zero-order chi connectivity index (χ0) is 22.2. The van der Waals surface area contributed by atoms with E-state index in [0.29, 0.717) is 16.7 Å². The summed E-state index contributed by atoms with van der Waals surface area (Å²) >= 11 is 1.70. The van der Waals surface area contributed by atoms with E-state index in [1.807, 2.05) is 30.5 Å². The molecule has 0 atom stereocenters. The van der Waals surface area contributed by atoms with E-state index in [9.17, 15) is 8.78 Å². The normalized spacial score (nSPS) is 12.6. The Bertz CT molecular complexity index is 1340. The molecule has 4 aromatic rings. The number of nitrogens with one attached hydrogen (secondary N) is 2. The molecule has 10 heteroatoms. The lowest BCUT2D eigenvalue weighted by Crippen LogP contribution is -2.05. The number of thioether (sulfide) groups is 1. The van der Waals surface area contributed by atoms with Gasteiger partial charge >= 0.3 is 0 Å². The van der Waals surface area contributed by atoms with Crippen LogP contribution in [0.2, 0.25) is 0 Å². The molecule has 0 saturated heterocycles. The molecule has 3 heterocycles. The van der Waals surface area contributed by atoms with Gasteiger partial charge in [0.1, 0.15) is 17.9 Å². The average molecular weight is 452 g/mol. The summed E-state index contributed by atoms with van der Waals surface area (Å²) in [5.41, 5.74) is 3.96. The maximum Gasteiger partial charge on any atom is 0.294 e. The van der Waals surface area contributed by atoms with Crippen LogP contribution in [0.25, 0.3) is 22.0 Å². The van der Waals surface area contributed by atoms with Crippen molar-refractivity contribution in [2.75, 3.05) is 16.5 Å². The number of hydrogen-bond donors (Lipinski definition) is 2. The van der Waals surface area contributed by atoms with Crippen molar-refractivity contribution in [1.29, 1.82) is 0 Å². The molecule has 0 radical (unpaired) electrons. The summed E-state index contributed by atoms with van der Waals surface area (Å²) < 4.78 is 33.6. The van der Waals surface area contributed by atoms with Gasteiger partial charge in [-0.15, -0.1) is 11.8 Å². The molecule has 5 rings (SSSR count). The smallest absolute Gasteiger partial charge is 0.294 e. The second kappa shape index (κ2) is 8.12. The summed E-state index contributed by atoms with van der Waals surface area (Å²) in [5, 5.41) is 11.2. The molecule has 2 N–H and O–H groups in total. The van der Waals surface area contributed by atoms with Gasteiger partial charge in [0, 0.05) is 35.1 Å². The highest BCUT2D eigenvalue weighted by molar-refractivity contribution is 7.99. The molecule has 32 heavy (non-hydrogen) atoms. The molecule has 7 nitrogen and oxygen atoms in total. The number of aromatic nitrogens is 4. The minimum absolute atomic E-state index is 0.187. The summed E-state index contributed by atoms with van der Waals surface area (Å²) in [6.07, 6.45) is 2.11. The van der Waals surface area contributed by atoms with Crippen molar-refractivity contribution >= 4 is 39.9 Å². The first-order valence-electron chi connectivity index (χ1n) is 9.68. The van der Waals surface area contributed by atoms with Crippen molar-refractivity contribution in [2.45, 2.75) is 11.3 Å². The molecule has 2 aromatic carbocycles. The Kier molecular flexibility index (Phi) is 5.14. The number of allylic oxidation sites excluding steroid dienone is 1. The monoisotopic (exact) mass is 452 g/mol. The molecule has 1 aliphatic heterocycles. The lowest BCUT2D eigenvalue weighted by Gasteiger charge is -2.15. The van der Waals surface area contributed by atoms with E-state index in [4.69, 9.17) is 4.74 Å². The Morgan fingerprint density at radius 1 is 1.25 bits per heavy atom. The Morgan fingerprint density at radius 3 is 2.91 bits per heavy atom. The predicted molar refractivity (Wildman–Crippen MR) is 122 cm³/mol. The minimum Gasteiger partial charge on any atom is -0.455 e. The number of halogens is 2. The first-order valence-corrected chi connectivity index (χ1v) is 10.7. The second-order valence-corrected chi connectivity index (χ2v) is 8.18. The Hall–Kier alpha value is -3.66. The maximum absolute atomic E-state index is 13.2. The van der Waals surface area contributed by atoms with Crippen molar-refractivity contribution in [3.8, 4) is 16.9 Å². The van der Waals surface area contributed by atoms with Crippen molar-refractivity contribution in [2.24, 2.45) is 7.05 Å². The summed E-state index contributed by atoms with van der Waals surface area (Å²) in [5.74, 6) is 0.803. The molecular weight excluding hydrogens is 434 g/mol. The van der Waals surface area contributed by atoms with Crippen molar-refractivity contribution < 1.29 is 13.5 Å². The fourth-order valence-corrected chi connectivity index (χ4v) is 4.33. The van der Waals surface area contributed by atoms with Crippen LogP contribution in [0.3, 0.4) is 0 Å². The van der Waals surface area contributed by atoms with Crippen LogP contribution in [0.1, 0.15) is 0 Å². The van der Waals surface area contributed by atoms with Gasteiger partial charge in [-0.1, -0.05) is 6.58 Å². The highest BCUT2D eigenvalue weighted by Gasteiger charge is 2.19. The van der Waals surface area contributed by atoms with Gasteiger partial charge in [-0.2, -0.15) is 5.10 Å². The van der Waals surface area contributed by atoms with E-state index < -0.39 is 12.2 Å². The van der Waals surface area contributed by atoms with Gasteiger partial charge in [-0.05, 0) is 35.9 Å². The number of fused-ring (bicyclic) bond motifs is 2. The van der Waals surface area contributed by atoms with Gasteiger partial charge in [0.25, 0.3) is 6.43 Å². The third-order valence-electron chi connectivity index (χ3n) is 4.96. The first kappa shape index (κ1) is 20.3. The molecule has 1 aliphatic rings. The van der Waals surface area contributed by atoms with Crippen LogP contribution in [-0.2, 0) is 7.05 Å².